The summed E-state index contributed by atoms with van der Waals surface area (Å²) >= 11 is 5.67. The van der Waals surface area contributed by atoms with Gasteiger partial charge in [-0.25, -0.2) is 15.0 Å². The molecule has 0 aliphatic heterocycles. The predicted molar refractivity (Wildman–Crippen MR) is 56.2 cm³/mol. The molecule has 1 heterocycles. The SMILES string of the molecule is CC.Cc1cnc(N=CNO)c(Cl)n1. The first-order valence-electron chi connectivity index (χ1n) is 4.15. The number of hydrogen-bond acceptors (Lipinski definition) is 4. The highest BCUT2D eigenvalue weighted by Gasteiger charge is 1.99. The molecule has 0 bridgehead atoms. The summed E-state index contributed by atoms with van der Waals surface area (Å²) < 4.78 is 0. The van der Waals surface area contributed by atoms with Gasteiger partial charge in [-0.05, 0) is 6.92 Å². The van der Waals surface area contributed by atoms with Crippen LogP contribution in [0.4, 0.5) is 5.82 Å². The summed E-state index contributed by atoms with van der Waals surface area (Å²) in [5.41, 5.74) is 2.46. The van der Waals surface area contributed by atoms with Gasteiger partial charge in [-0.2, -0.15) is 0 Å². The predicted octanol–water partition coefficient (Wildman–Crippen LogP) is 2.10. The van der Waals surface area contributed by atoms with Crippen molar-refractivity contribution in [1.82, 2.24) is 15.4 Å². The van der Waals surface area contributed by atoms with Crippen LogP contribution in [-0.4, -0.2) is 21.5 Å². The molecule has 0 atom stereocenters. The lowest BCUT2D eigenvalue weighted by molar-refractivity contribution is 0.240. The lowest BCUT2D eigenvalue weighted by atomic mass is 10.5. The Morgan fingerprint density at radius 2 is 2.21 bits per heavy atom. The molecule has 0 spiro atoms. The van der Waals surface area contributed by atoms with Gasteiger partial charge < -0.3 is 0 Å². The van der Waals surface area contributed by atoms with Gasteiger partial charge in [-0.3, -0.25) is 10.7 Å². The largest absolute Gasteiger partial charge is 0.290 e. The highest BCUT2D eigenvalue weighted by atomic mass is 35.5. The number of nitrogens with one attached hydrogen (secondary N) is 1. The first-order valence-corrected chi connectivity index (χ1v) is 4.53. The average molecular weight is 217 g/mol. The molecular weight excluding hydrogens is 204 g/mol. The zero-order chi connectivity index (χ0) is 11.0. The van der Waals surface area contributed by atoms with Gasteiger partial charge in [-0.15, -0.1) is 0 Å². The minimum Gasteiger partial charge on any atom is -0.290 e. The molecule has 0 aliphatic rings. The molecule has 0 saturated heterocycles. The fourth-order valence-corrected chi connectivity index (χ4v) is 0.849. The maximum absolute atomic E-state index is 8.18. The van der Waals surface area contributed by atoms with E-state index < -0.39 is 0 Å². The van der Waals surface area contributed by atoms with E-state index >= 15 is 0 Å². The summed E-state index contributed by atoms with van der Waals surface area (Å²) in [5, 5.41) is 8.39. The van der Waals surface area contributed by atoms with E-state index in [9.17, 15) is 0 Å². The topological polar surface area (TPSA) is 70.4 Å². The van der Waals surface area contributed by atoms with E-state index in [2.05, 4.69) is 15.0 Å². The van der Waals surface area contributed by atoms with Crippen LogP contribution in [0.5, 0.6) is 0 Å². The smallest absolute Gasteiger partial charge is 0.191 e. The van der Waals surface area contributed by atoms with Crippen LogP contribution >= 0.6 is 11.6 Å². The Morgan fingerprint density at radius 3 is 2.71 bits per heavy atom. The summed E-state index contributed by atoms with van der Waals surface area (Å²) in [4.78, 5) is 11.5. The van der Waals surface area contributed by atoms with Gasteiger partial charge >= 0.3 is 0 Å². The highest BCUT2D eigenvalue weighted by Crippen LogP contribution is 2.17. The molecule has 0 aliphatic carbocycles. The van der Waals surface area contributed by atoms with Crippen LogP contribution in [0.1, 0.15) is 19.5 Å². The minimum absolute atomic E-state index is 0.210. The van der Waals surface area contributed by atoms with Gasteiger partial charge in [0.05, 0.1) is 11.9 Å². The van der Waals surface area contributed by atoms with Crippen molar-refractivity contribution >= 4 is 23.8 Å². The third-order valence-electron chi connectivity index (χ3n) is 1.08. The van der Waals surface area contributed by atoms with Crippen molar-refractivity contribution in [2.75, 3.05) is 0 Å². The number of rotatable bonds is 2. The van der Waals surface area contributed by atoms with E-state index in [0.717, 1.165) is 12.0 Å². The van der Waals surface area contributed by atoms with E-state index in [0.29, 0.717) is 0 Å². The molecule has 0 saturated carbocycles. The second-order valence-corrected chi connectivity index (χ2v) is 2.37. The Morgan fingerprint density at radius 1 is 1.57 bits per heavy atom. The number of aryl methyl sites for hydroxylation is 1. The number of hydrogen-bond donors (Lipinski definition) is 2. The molecule has 0 aromatic carbocycles. The van der Waals surface area contributed by atoms with Crippen LogP contribution in [-0.2, 0) is 0 Å². The van der Waals surface area contributed by atoms with Gasteiger partial charge in [0.1, 0.15) is 6.34 Å². The molecule has 1 aromatic heterocycles. The monoisotopic (exact) mass is 216 g/mol. The molecule has 0 unspecified atom stereocenters. The zero-order valence-corrected chi connectivity index (χ0v) is 9.08. The van der Waals surface area contributed by atoms with E-state index in [1.165, 1.54) is 6.20 Å². The third kappa shape index (κ3) is 4.15. The molecule has 1 rings (SSSR count). The van der Waals surface area contributed by atoms with Gasteiger partial charge in [-0.1, -0.05) is 25.4 Å². The minimum atomic E-state index is 0.210. The van der Waals surface area contributed by atoms with Gasteiger partial charge in [0.25, 0.3) is 0 Å². The summed E-state index contributed by atoms with van der Waals surface area (Å²) in [6.45, 7) is 5.77. The maximum atomic E-state index is 8.18. The van der Waals surface area contributed by atoms with Crippen LogP contribution < -0.4 is 5.48 Å². The van der Waals surface area contributed by atoms with Gasteiger partial charge in [0, 0.05) is 0 Å². The highest BCUT2D eigenvalue weighted by molar-refractivity contribution is 6.31. The summed E-state index contributed by atoms with van der Waals surface area (Å²) in [6.07, 6.45) is 2.60. The van der Waals surface area contributed by atoms with Crippen LogP contribution in [0.2, 0.25) is 5.15 Å². The van der Waals surface area contributed by atoms with Gasteiger partial charge in [0.15, 0.2) is 11.0 Å². The van der Waals surface area contributed by atoms with E-state index in [4.69, 9.17) is 16.8 Å². The van der Waals surface area contributed by atoms with E-state index in [-0.39, 0.29) is 11.0 Å². The van der Waals surface area contributed by atoms with Crippen LogP contribution in [0.25, 0.3) is 0 Å². The third-order valence-corrected chi connectivity index (χ3v) is 1.33. The Balaban J connectivity index is 0.000000791. The van der Waals surface area contributed by atoms with Crippen molar-refractivity contribution < 1.29 is 5.21 Å². The summed E-state index contributed by atoms with van der Waals surface area (Å²) in [5.74, 6) is 0.267. The fraction of sp³-hybridized carbons (Fsp3) is 0.375. The van der Waals surface area contributed by atoms with Crippen molar-refractivity contribution in [2.45, 2.75) is 20.8 Å². The van der Waals surface area contributed by atoms with E-state index in [1.54, 1.807) is 12.4 Å². The molecule has 0 radical (unpaired) electrons. The first kappa shape index (κ1) is 12.8. The summed E-state index contributed by atoms with van der Waals surface area (Å²) in [6, 6.07) is 0. The van der Waals surface area contributed by atoms with Crippen molar-refractivity contribution in [3.63, 3.8) is 0 Å². The summed E-state index contributed by atoms with van der Waals surface area (Å²) in [7, 11) is 0. The van der Waals surface area contributed by atoms with Crippen molar-refractivity contribution in [1.29, 1.82) is 0 Å². The van der Waals surface area contributed by atoms with Crippen LogP contribution in [0.15, 0.2) is 11.2 Å². The molecule has 6 heteroatoms. The van der Waals surface area contributed by atoms with Crippen molar-refractivity contribution in [3.8, 4) is 0 Å². The zero-order valence-electron chi connectivity index (χ0n) is 8.32. The molecule has 5 nitrogen and oxygen atoms in total. The van der Waals surface area contributed by atoms with Crippen LogP contribution in [0, 0.1) is 6.92 Å². The molecule has 1 aromatic rings. The molecule has 0 fully saturated rings. The Hall–Kier alpha value is -1.20. The van der Waals surface area contributed by atoms with Gasteiger partial charge in [0.2, 0.25) is 0 Å². The van der Waals surface area contributed by atoms with E-state index in [1.807, 2.05) is 13.8 Å². The van der Waals surface area contributed by atoms with Crippen LogP contribution in [0.3, 0.4) is 0 Å². The second kappa shape index (κ2) is 7.23. The average Bonchev–Trinajstić information content (AvgIpc) is 2.20. The van der Waals surface area contributed by atoms with Crippen molar-refractivity contribution in [2.24, 2.45) is 4.99 Å². The number of hydroxylamine groups is 1. The normalized spacial score (nSPS) is 9.50. The molecular formula is C8H13ClN4O. The second-order valence-electron chi connectivity index (χ2n) is 2.01. The van der Waals surface area contributed by atoms with Crippen molar-refractivity contribution in [3.05, 3.63) is 17.0 Å². The number of halogens is 1. The number of aliphatic imine (C=N–C) groups is 1. The number of nitrogens with zero attached hydrogens (tertiary/aromatic N) is 3. The molecule has 78 valence electrons. The maximum Gasteiger partial charge on any atom is 0.191 e. The first-order chi connectivity index (χ1) is 6.74. The fourth-order valence-electron chi connectivity index (χ4n) is 0.618. The lowest BCUT2D eigenvalue weighted by Crippen LogP contribution is -2.01. The Kier molecular flexibility index (Phi) is 6.61. The number of aromatic nitrogens is 2. The quantitative estimate of drug-likeness (QED) is 0.451. The standard InChI is InChI=1S/C6H7ClN4O.C2H6/c1-4-2-8-6(5(7)11-4)9-3-10-12;1-2/h2-3,12H,1H3,(H,8,9,10);1-2H3. The Labute approximate surface area is 87.8 Å². The molecule has 14 heavy (non-hydrogen) atoms. The Bertz CT molecular complexity index is 303. The molecule has 2 N–H and O–H groups in total. The molecule has 0 amide bonds. The lowest BCUT2D eigenvalue weighted by Gasteiger charge is -1.96.